The second kappa shape index (κ2) is 7.64. The van der Waals surface area contributed by atoms with Crippen molar-refractivity contribution in [2.75, 3.05) is 0 Å². The molecule has 0 atom stereocenters. The van der Waals surface area contributed by atoms with E-state index in [4.69, 9.17) is 9.75 Å². The summed E-state index contributed by atoms with van der Waals surface area (Å²) in [6.45, 7) is 19.0. The SMILES string of the molecule is CC(C)(C)O.C[Si](C)(C)[N-][Si](C)(C)C.[Na+]. The summed E-state index contributed by atoms with van der Waals surface area (Å²) in [6.07, 6.45) is 0. The summed E-state index contributed by atoms with van der Waals surface area (Å²) >= 11 is 0. The summed E-state index contributed by atoms with van der Waals surface area (Å²) in [5.74, 6) is 0. The molecule has 1 N–H and O–H groups in total. The molecule has 0 unspecified atom stereocenters. The molecular weight excluding hydrogens is 229 g/mol. The largest absolute Gasteiger partial charge is 1.00 e. The van der Waals surface area contributed by atoms with Crippen LogP contribution >= 0.6 is 0 Å². The first-order valence-corrected chi connectivity index (χ1v) is 12.1. The van der Waals surface area contributed by atoms with Gasteiger partial charge in [-0.3, -0.25) is 0 Å². The van der Waals surface area contributed by atoms with Gasteiger partial charge in [-0.15, -0.1) is 0 Å². The number of hydrogen-bond donors (Lipinski definition) is 1. The smallest absolute Gasteiger partial charge is 0.668 e. The Kier molecular flexibility index (Phi) is 11.0. The van der Waals surface area contributed by atoms with E-state index in [2.05, 4.69) is 39.3 Å². The Morgan fingerprint density at radius 2 is 0.933 bits per heavy atom. The van der Waals surface area contributed by atoms with Crippen LogP contribution in [0, 0.1) is 0 Å². The summed E-state index contributed by atoms with van der Waals surface area (Å²) in [6, 6.07) is 0. The molecule has 0 fully saturated rings. The van der Waals surface area contributed by atoms with Gasteiger partial charge in [-0.05, 0) is 20.8 Å². The summed E-state index contributed by atoms with van der Waals surface area (Å²) in [4.78, 5) is 0. The van der Waals surface area contributed by atoms with Crippen molar-refractivity contribution in [2.24, 2.45) is 0 Å². The van der Waals surface area contributed by atoms with Crippen LogP contribution in [0.4, 0.5) is 0 Å². The van der Waals surface area contributed by atoms with Crippen LogP contribution in [0.2, 0.25) is 39.3 Å². The zero-order chi connectivity index (χ0) is 12.2. The maximum atomic E-state index is 8.52. The van der Waals surface area contributed by atoms with Crippen LogP contribution in [0.3, 0.4) is 0 Å². The fourth-order valence-corrected chi connectivity index (χ4v) is 9.06. The molecule has 0 aliphatic heterocycles. The van der Waals surface area contributed by atoms with Crippen molar-refractivity contribution in [3.8, 4) is 0 Å². The first-order chi connectivity index (χ1) is 5.71. The molecule has 0 rings (SSSR count). The molecule has 0 aromatic heterocycles. The zero-order valence-corrected chi connectivity index (χ0v) is 16.4. The molecule has 0 heterocycles. The van der Waals surface area contributed by atoms with Gasteiger partial charge in [-0.2, -0.15) is 0 Å². The Labute approximate surface area is 121 Å². The van der Waals surface area contributed by atoms with Crippen LogP contribution in [-0.4, -0.2) is 27.2 Å². The number of aliphatic hydroxyl groups is 1. The Bertz CT molecular complexity index is 138. The molecule has 0 saturated heterocycles. The van der Waals surface area contributed by atoms with Gasteiger partial charge in [0.2, 0.25) is 0 Å². The predicted molar refractivity (Wildman–Crippen MR) is 72.0 cm³/mol. The molecule has 0 aliphatic rings. The second-order valence-electron chi connectivity index (χ2n) is 6.62. The van der Waals surface area contributed by atoms with E-state index in [0.717, 1.165) is 0 Å². The predicted octanol–water partition coefficient (Wildman–Crippen LogP) is 0.811. The molecule has 0 bridgehead atoms. The van der Waals surface area contributed by atoms with Gasteiger partial charge in [0.15, 0.2) is 0 Å². The van der Waals surface area contributed by atoms with Gasteiger partial charge in [-0.25, -0.2) is 0 Å². The maximum Gasteiger partial charge on any atom is 1.00 e. The van der Waals surface area contributed by atoms with E-state index in [-0.39, 0.29) is 29.6 Å². The van der Waals surface area contributed by atoms with Crippen LogP contribution in [0.15, 0.2) is 0 Å². The van der Waals surface area contributed by atoms with Gasteiger partial charge in [0.25, 0.3) is 0 Å². The van der Waals surface area contributed by atoms with Gasteiger partial charge in [0.1, 0.15) is 0 Å². The van der Waals surface area contributed by atoms with Crippen molar-refractivity contribution < 1.29 is 34.7 Å². The minimum atomic E-state index is -1.11. The molecule has 0 aromatic carbocycles. The molecule has 0 aliphatic carbocycles. The fourth-order valence-electron chi connectivity index (χ4n) is 1.01. The van der Waals surface area contributed by atoms with Crippen LogP contribution in [0.25, 0.3) is 4.65 Å². The summed E-state index contributed by atoms with van der Waals surface area (Å²) in [5, 5.41) is 8.52. The zero-order valence-electron chi connectivity index (χ0n) is 12.4. The molecule has 0 amide bonds. The summed E-state index contributed by atoms with van der Waals surface area (Å²) in [7, 11) is -2.21. The van der Waals surface area contributed by atoms with E-state index >= 15 is 0 Å². The number of hydrogen-bond acceptors (Lipinski definition) is 1. The topological polar surface area (TPSA) is 34.3 Å². The third kappa shape index (κ3) is 50.6. The molecule has 88 valence electrons. The van der Waals surface area contributed by atoms with Gasteiger partial charge in [0, 0.05) is 0 Å². The van der Waals surface area contributed by atoms with Crippen molar-refractivity contribution in [3.63, 3.8) is 0 Å². The first-order valence-electron chi connectivity index (χ1n) is 5.17. The van der Waals surface area contributed by atoms with Crippen molar-refractivity contribution in [1.82, 2.24) is 0 Å². The molecule has 0 radical (unpaired) electrons. The average Bonchev–Trinajstić information content (AvgIpc) is 1.42. The van der Waals surface area contributed by atoms with Crippen molar-refractivity contribution in [1.29, 1.82) is 0 Å². The van der Waals surface area contributed by atoms with Gasteiger partial charge in [-0.1, -0.05) is 55.8 Å². The van der Waals surface area contributed by atoms with Crippen molar-refractivity contribution in [3.05, 3.63) is 4.65 Å². The Morgan fingerprint density at radius 3 is 0.933 bits per heavy atom. The summed E-state index contributed by atoms with van der Waals surface area (Å²) in [5.41, 5.74) is -0.500. The first kappa shape index (κ1) is 21.6. The van der Waals surface area contributed by atoms with Gasteiger partial charge >= 0.3 is 29.6 Å². The molecule has 2 nitrogen and oxygen atoms in total. The van der Waals surface area contributed by atoms with E-state index in [9.17, 15) is 0 Å². The Hall–Kier alpha value is 1.35. The van der Waals surface area contributed by atoms with Gasteiger partial charge < -0.3 is 9.75 Å². The molecule has 15 heavy (non-hydrogen) atoms. The van der Waals surface area contributed by atoms with Crippen LogP contribution in [0.5, 0.6) is 0 Å². The summed E-state index contributed by atoms with van der Waals surface area (Å²) < 4.78 is 4.82. The van der Waals surface area contributed by atoms with Crippen LogP contribution < -0.4 is 29.6 Å². The van der Waals surface area contributed by atoms with E-state index < -0.39 is 22.1 Å². The van der Waals surface area contributed by atoms with Gasteiger partial charge in [0.05, 0.1) is 5.60 Å². The molecule has 0 saturated carbocycles. The van der Waals surface area contributed by atoms with E-state index in [1.165, 1.54) is 0 Å². The Morgan fingerprint density at radius 1 is 0.800 bits per heavy atom. The normalized spacial score (nSPS) is 12.4. The van der Waals surface area contributed by atoms with Crippen molar-refractivity contribution in [2.45, 2.75) is 65.7 Å². The average molecular weight is 258 g/mol. The van der Waals surface area contributed by atoms with E-state index in [1.807, 2.05) is 0 Å². The fraction of sp³-hybridized carbons (Fsp3) is 1.00. The second-order valence-corrected chi connectivity index (χ2v) is 16.2. The van der Waals surface area contributed by atoms with Crippen LogP contribution in [-0.2, 0) is 0 Å². The van der Waals surface area contributed by atoms with Crippen molar-refractivity contribution >= 4 is 16.5 Å². The number of nitrogens with zero attached hydrogens (tertiary/aromatic N) is 1. The molecule has 0 aromatic rings. The molecule has 0 spiro atoms. The molecular formula is C10H28NNaOSi2. The maximum absolute atomic E-state index is 8.52. The minimum absolute atomic E-state index is 0. The molecule has 5 heteroatoms. The quantitative estimate of drug-likeness (QED) is 0.730. The monoisotopic (exact) mass is 257 g/mol. The third-order valence-corrected chi connectivity index (χ3v) is 6.04. The van der Waals surface area contributed by atoms with E-state index in [1.54, 1.807) is 20.8 Å². The third-order valence-electron chi connectivity index (χ3n) is 0.671. The van der Waals surface area contributed by atoms with E-state index in [0.29, 0.717) is 0 Å². The standard InChI is InChI=1S/C6H18NSi2.C4H10O.Na/c1-8(2,3)7-9(4,5)6;1-4(2,3)5;/h1-6H3;5H,1-3H3;/q-1;;+1. The van der Waals surface area contributed by atoms with Crippen LogP contribution in [0.1, 0.15) is 20.8 Å². The number of rotatable bonds is 2. The minimum Gasteiger partial charge on any atom is -0.668 e. The Balaban J connectivity index is -0.000000208.